The largest absolute Gasteiger partial charge is 0.372 e. The molecule has 5 heteroatoms. The molecular formula is C11H18N2O3. The topological polar surface area (TPSA) is 64.4 Å². The van der Waals surface area contributed by atoms with Crippen LogP contribution in [0.4, 0.5) is 0 Å². The molecule has 0 spiro atoms. The molecule has 90 valence electrons. The molecule has 0 saturated heterocycles. The van der Waals surface area contributed by atoms with Gasteiger partial charge in [0.05, 0.1) is 11.7 Å². The monoisotopic (exact) mass is 226 g/mol. The number of amides is 1. The maximum atomic E-state index is 11.4. The molecule has 1 rings (SSSR count). The van der Waals surface area contributed by atoms with Crippen molar-refractivity contribution in [1.29, 1.82) is 0 Å². The fourth-order valence-corrected chi connectivity index (χ4v) is 1.66. The predicted octanol–water partition coefficient (Wildman–Crippen LogP) is 1.51. The number of aromatic nitrogens is 1. The SMILES string of the molecule is CCOCC(=O)NC(C)c1c(C)noc1C. The van der Waals surface area contributed by atoms with Gasteiger partial charge < -0.3 is 14.6 Å². The first-order valence-corrected chi connectivity index (χ1v) is 5.36. The Bertz CT molecular complexity index is 341. The summed E-state index contributed by atoms with van der Waals surface area (Å²) >= 11 is 0. The minimum absolute atomic E-state index is 0.0875. The molecule has 0 aliphatic rings. The van der Waals surface area contributed by atoms with Crippen molar-refractivity contribution < 1.29 is 14.1 Å². The normalized spacial score (nSPS) is 12.5. The molecule has 1 aromatic heterocycles. The molecule has 1 amide bonds. The molecule has 1 heterocycles. The van der Waals surface area contributed by atoms with Crippen molar-refractivity contribution in [3.63, 3.8) is 0 Å². The lowest BCUT2D eigenvalue weighted by atomic mass is 10.1. The Labute approximate surface area is 95.1 Å². The Morgan fingerprint density at radius 1 is 1.56 bits per heavy atom. The second-order valence-electron chi connectivity index (χ2n) is 3.66. The zero-order valence-electron chi connectivity index (χ0n) is 10.2. The Hall–Kier alpha value is -1.36. The van der Waals surface area contributed by atoms with Gasteiger partial charge in [0.1, 0.15) is 12.4 Å². The smallest absolute Gasteiger partial charge is 0.246 e. The third kappa shape index (κ3) is 3.06. The zero-order valence-corrected chi connectivity index (χ0v) is 10.2. The molecule has 0 aliphatic heterocycles. The predicted molar refractivity (Wildman–Crippen MR) is 59.0 cm³/mol. The highest BCUT2D eigenvalue weighted by Gasteiger charge is 2.17. The first-order chi connectivity index (χ1) is 7.56. The number of carbonyl (C=O) groups is 1. The quantitative estimate of drug-likeness (QED) is 0.826. The third-order valence-corrected chi connectivity index (χ3v) is 2.34. The van der Waals surface area contributed by atoms with Crippen molar-refractivity contribution in [2.45, 2.75) is 33.7 Å². The lowest BCUT2D eigenvalue weighted by Crippen LogP contribution is -2.30. The van der Waals surface area contributed by atoms with E-state index in [2.05, 4.69) is 10.5 Å². The van der Waals surface area contributed by atoms with Gasteiger partial charge in [0.25, 0.3) is 0 Å². The van der Waals surface area contributed by atoms with Gasteiger partial charge in [-0.1, -0.05) is 5.16 Å². The maximum Gasteiger partial charge on any atom is 0.246 e. The van der Waals surface area contributed by atoms with Crippen molar-refractivity contribution in [1.82, 2.24) is 10.5 Å². The summed E-state index contributed by atoms with van der Waals surface area (Å²) in [5.41, 5.74) is 1.74. The van der Waals surface area contributed by atoms with E-state index >= 15 is 0 Å². The third-order valence-electron chi connectivity index (χ3n) is 2.34. The lowest BCUT2D eigenvalue weighted by Gasteiger charge is -2.13. The van der Waals surface area contributed by atoms with Gasteiger partial charge >= 0.3 is 0 Å². The molecule has 5 nitrogen and oxygen atoms in total. The van der Waals surface area contributed by atoms with Crippen LogP contribution in [0.2, 0.25) is 0 Å². The van der Waals surface area contributed by atoms with E-state index in [4.69, 9.17) is 9.26 Å². The second kappa shape index (κ2) is 5.65. The van der Waals surface area contributed by atoms with Gasteiger partial charge in [-0.25, -0.2) is 0 Å². The minimum atomic E-state index is -0.130. The Balaban J connectivity index is 2.58. The Morgan fingerprint density at radius 3 is 2.75 bits per heavy atom. The van der Waals surface area contributed by atoms with Crippen molar-refractivity contribution >= 4 is 5.91 Å². The van der Waals surface area contributed by atoms with Gasteiger partial charge in [0.15, 0.2) is 0 Å². The van der Waals surface area contributed by atoms with E-state index in [0.717, 1.165) is 17.0 Å². The summed E-state index contributed by atoms with van der Waals surface area (Å²) in [4.78, 5) is 11.4. The fraction of sp³-hybridized carbons (Fsp3) is 0.636. The number of nitrogens with one attached hydrogen (secondary N) is 1. The lowest BCUT2D eigenvalue weighted by molar-refractivity contribution is -0.126. The summed E-state index contributed by atoms with van der Waals surface area (Å²) in [7, 11) is 0. The van der Waals surface area contributed by atoms with Crippen LogP contribution in [-0.4, -0.2) is 24.3 Å². The van der Waals surface area contributed by atoms with Gasteiger partial charge in [0.2, 0.25) is 5.91 Å². The highest BCUT2D eigenvalue weighted by Crippen LogP contribution is 2.20. The molecule has 1 aromatic rings. The molecular weight excluding hydrogens is 208 g/mol. The summed E-state index contributed by atoms with van der Waals surface area (Å²) in [6.07, 6.45) is 0. The van der Waals surface area contributed by atoms with Gasteiger partial charge in [-0.2, -0.15) is 0 Å². The van der Waals surface area contributed by atoms with E-state index < -0.39 is 0 Å². The van der Waals surface area contributed by atoms with E-state index in [0.29, 0.717) is 6.61 Å². The highest BCUT2D eigenvalue weighted by molar-refractivity contribution is 5.77. The summed E-state index contributed by atoms with van der Waals surface area (Å²) in [6.45, 7) is 8.07. The summed E-state index contributed by atoms with van der Waals surface area (Å²) in [5, 5.41) is 6.68. The number of aryl methyl sites for hydroxylation is 2. The van der Waals surface area contributed by atoms with E-state index in [-0.39, 0.29) is 18.6 Å². The first-order valence-electron chi connectivity index (χ1n) is 5.36. The van der Waals surface area contributed by atoms with E-state index in [1.807, 2.05) is 27.7 Å². The van der Waals surface area contributed by atoms with Gasteiger partial charge in [0, 0.05) is 12.2 Å². The van der Waals surface area contributed by atoms with Crippen LogP contribution in [0.1, 0.15) is 36.9 Å². The molecule has 1 atom stereocenters. The van der Waals surface area contributed by atoms with E-state index in [9.17, 15) is 4.79 Å². The number of rotatable bonds is 5. The first kappa shape index (κ1) is 12.7. The molecule has 1 unspecified atom stereocenters. The summed E-state index contributed by atoms with van der Waals surface area (Å²) in [5.74, 6) is 0.607. The van der Waals surface area contributed by atoms with Crippen molar-refractivity contribution in [2.24, 2.45) is 0 Å². The van der Waals surface area contributed by atoms with Crippen molar-refractivity contribution in [3.05, 3.63) is 17.0 Å². The van der Waals surface area contributed by atoms with Crippen LogP contribution in [0.15, 0.2) is 4.52 Å². The number of hydrogen-bond donors (Lipinski definition) is 1. The molecule has 0 fully saturated rings. The van der Waals surface area contributed by atoms with Crippen molar-refractivity contribution in [3.8, 4) is 0 Å². The molecule has 0 radical (unpaired) electrons. The van der Waals surface area contributed by atoms with Gasteiger partial charge in [-0.3, -0.25) is 4.79 Å². The van der Waals surface area contributed by atoms with Crippen LogP contribution in [0.5, 0.6) is 0 Å². The standard InChI is InChI=1S/C11H18N2O3/c1-5-15-6-10(14)12-7(2)11-8(3)13-16-9(11)4/h7H,5-6H2,1-4H3,(H,12,14). The van der Waals surface area contributed by atoms with E-state index in [1.54, 1.807) is 0 Å². The van der Waals surface area contributed by atoms with Gasteiger partial charge in [-0.15, -0.1) is 0 Å². The number of carbonyl (C=O) groups excluding carboxylic acids is 1. The average molecular weight is 226 g/mol. The number of ether oxygens (including phenoxy) is 1. The highest BCUT2D eigenvalue weighted by atomic mass is 16.5. The molecule has 0 saturated carbocycles. The fourth-order valence-electron chi connectivity index (χ4n) is 1.66. The Morgan fingerprint density at radius 2 is 2.25 bits per heavy atom. The zero-order chi connectivity index (χ0) is 12.1. The van der Waals surface area contributed by atoms with Crippen LogP contribution < -0.4 is 5.32 Å². The van der Waals surface area contributed by atoms with Crippen molar-refractivity contribution in [2.75, 3.05) is 13.2 Å². The molecule has 0 aromatic carbocycles. The second-order valence-corrected chi connectivity index (χ2v) is 3.66. The van der Waals surface area contributed by atoms with Crippen LogP contribution >= 0.6 is 0 Å². The van der Waals surface area contributed by atoms with Crippen LogP contribution in [0.3, 0.4) is 0 Å². The minimum Gasteiger partial charge on any atom is -0.372 e. The number of hydrogen-bond acceptors (Lipinski definition) is 4. The van der Waals surface area contributed by atoms with Gasteiger partial charge in [-0.05, 0) is 27.7 Å². The van der Waals surface area contributed by atoms with Crippen LogP contribution in [0, 0.1) is 13.8 Å². The molecule has 16 heavy (non-hydrogen) atoms. The van der Waals surface area contributed by atoms with E-state index in [1.165, 1.54) is 0 Å². The van der Waals surface area contributed by atoms with Crippen LogP contribution in [0.25, 0.3) is 0 Å². The molecule has 0 aliphatic carbocycles. The maximum absolute atomic E-state index is 11.4. The van der Waals surface area contributed by atoms with Crippen LogP contribution in [-0.2, 0) is 9.53 Å². The number of nitrogens with zero attached hydrogens (tertiary/aromatic N) is 1. The summed E-state index contributed by atoms with van der Waals surface area (Å²) in [6, 6.07) is -0.112. The average Bonchev–Trinajstić information content (AvgIpc) is 2.55. The molecule has 0 bridgehead atoms. The molecule has 1 N–H and O–H groups in total. The summed E-state index contributed by atoms with van der Waals surface area (Å²) < 4.78 is 10.1. The Kier molecular flexibility index (Phi) is 4.49.